The highest BCUT2D eigenvalue weighted by Gasteiger charge is 2.20. The van der Waals surface area contributed by atoms with Crippen molar-refractivity contribution in [2.45, 2.75) is 25.6 Å². The molecule has 0 aliphatic carbocycles. The number of carboxylic acids is 2. The van der Waals surface area contributed by atoms with Crippen LogP contribution in [-0.4, -0.2) is 29.3 Å². The van der Waals surface area contributed by atoms with Crippen molar-refractivity contribution in [2.75, 3.05) is 7.11 Å². The van der Waals surface area contributed by atoms with Gasteiger partial charge in [-0.05, 0) is 41.8 Å². The van der Waals surface area contributed by atoms with E-state index in [-0.39, 0.29) is 30.8 Å². The number of aliphatic carboxylic acids is 1. The van der Waals surface area contributed by atoms with Crippen molar-refractivity contribution < 1.29 is 34.0 Å². The van der Waals surface area contributed by atoms with Crippen molar-refractivity contribution >= 4 is 11.9 Å². The second-order valence-electron chi connectivity index (χ2n) is 7.05. The van der Waals surface area contributed by atoms with Crippen LogP contribution in [0.4, 0.5) is 0 Å². The van der Waals surface area contributed by atoms with Gasteiger partial charge in [-0.1, -0.05) is 42.5 Å². The molecule has 0 aromatic heterocycles. The van der Waals surface area contributed by atoms with Crippen LogP contribution in [0.3, 0.4) is 0 Å². The minimum atomic E-state index is -1.15. The Morgan fingerprint density at radius 2 is 1.59 bits per heavy atom. The Labute approximate surface area is 185 Å². The molecule has 0 bridgehead atoms. The number of benzene rings is 3. The van der Waals surface area contributed by atoms with Gasteiger partial charge in [0.25, 0.3) is 0 Å². The summed E-state index contributed by atoms with van der Waals surface area (Å²) in [5.74, 6) is -0.810. The summed E-state index contributed by atoms with van der Waals surface area (Å²) in [5, 5.41) is 18.7. The zero-order valence-electron chi connectivity index (χ0n) is 17.6. The first-order chi connectivity index (χ1) is 15.5. The van der Waals surface area contributed by atoms with Crippen LogP contribution in [0.1, 0.15) is 40.4 Å². The van der Waals surface area contributed by atoms with Gasteiger partial charge in [-0.15, -0.1) is 0 Å². The number of ether oxygens (including phenoxy) is 3. The van der Waals surface area contributed by atoms with E-state index in [2.05, 4.69) is 0 Å². The van der Waals surface area contributed by atoms with Gasteiger partial charge in [0.15, 0.2) is 0 Å². The highest BCUT2D eigenvalue weighted by Crippen LogP contribution is 2.32. The van der Waals surface area contributed by atoms with Gasteiger partial charge >= 0.3 is 11.9 Å². The average Bonchev–Trinajstić information content (AvgIpc) is 2.81. The first-order valence-corrected chi connectivity index (χ1v) is 10.0. The van der Waals surface area contributed by atoms with E-state index in [4.69, 9.17) is 19.3 Å². The predicted molar refractivity (Wildman–Crippen MR) is 117 cm³/mol. The molecule has 0 spiro atoms. The van der Waals surface area contributed by atoms with Crippen molar-refractivity contribution in [2.24, 2.45) is 0 Å². The Bertz CT molecular complexity index is 1050. The van der Waals surface area contributed by atoms with Gasteiger partial charge in [-0.3, -0.25) is 4.79 Å². The van der Waals surface area contributed by atoms with Crippen LogP contribution in [0.15, 0.2) is 72.8 Å². The fourth-order valence-corrected chi connectivity index (χ4v) is 3.12. The summed E-state index contributed by atoms with van der Waals surface area (Å²) in [5.41, 5.74) is 1.65. The van der Waals surface area contributed by atoms with Gasteiger partial charge in [0, 0.05) is 12.5 Å². The molecular weight excluding hydrogens is 412 g/mol. The van der Waals surface area contributed by atoms with Gasteiger partial charge in [0.2, 0.25) is 0 Å². The van der Waals surface area contributed by atoms with Gasteiger partial charge < -0.3 is 24.4 Å². The normalized spacial score (nSPS) is 11.4. The van der Waals surface area contributed by atoms with E-state index in [0.717, 1.165) is 16.9 Å². The van der Waals surface area contributed by atoms with Crippen LogP contribution in [-0.2, 0) is 11.4 Å². The lowest BCUT2D eigenvalue weighted by molar-refractivity contribution is -0.137. The fraction of sp³-hybridized carbons (Fsp3) is 0.200. The number of carbonyl (C=O) groups is 2. The minimum Gasteiger partial charge on any atom is -0.497 e. The Hall–Kier alpha value is -4.00. The summed E-state index contributed by atoms with van der Waals surface area (Å²) in [7, 11) is 1.59. The molecule has 1 unspecified atom stereocenters. The summed E-state index contributed by atoms with van der Waals surface area (Å²) in [6.45, 7) is 0.275. The highest BCUT2D eigenvalue weighted by atomic mass is 16.5. The molecule has 32 heavy (non-hydrogen) atoms. The summed E-state index contributed by atoms with van der Waals surface area (Å²) in [4.78, 5) is 22.8. The summed E-state index contributed by atoms with van der Waals surface area (Å²) in [6.07, 6.45) is -0.549. The van der Waals surface area contributed by atoms with E-state index in [0.29, 0.717) is 5.75 Å². The number of methoxy groups -OCH3 is 1. The summed E-state index contributed by atoms with van der Waals surface area (Å²) in [6, 6.07) is 21.0. The topological polar surface area (TPSA) is 102 Å². The van der Waals surface area contributed by atoms with Crippen molar-refractivity contribution in [3.05, 3.63) is 89.5 Å². The van der Waals surface area contributed by atoms with Crippen LogP contribution in [0.5, 0.6) is 17.2 Å². The van der Waals surface area contributed by atoms with Crippen LogP contribution in [0.2, 0.25) is 0 Å². The van der Waals surface area contributed by atoms with E-state index in [1.165, 1.54) is 12.1 Å². The number of hydrogen-bond donors (Lipinski definition) is 2. The Morgan fingerprint density at radius 3 is 2.22 bits per heavy atom. The molecule has 3 aromatic carbocycles. The molecule has 0 aliphatic rings. The number of aromatic carboxylic acids is 1. The minimum absolute atomic E-state index is 0.0296. The number of rotatable bonds is 11. The second kappa shape index (κ2) is 10.9. The third kappa shape index (κ3) is 6.25. The van der Waals surface area contributed by atoms with Gasteiger partial charge in [0.05, 0.1) is 7.11 Å². The highest BCUT2D eigenvalue weighted by molar-refractivity contribution is 5.91. The zero-order chi connectivity index (χ0) is 22.9. The lowest BCUT2D eigenvalue weighted by Gasteiger charge is -2.21. The lowest BCUT2D eigenvalue weighted by atomic mass is 10.0. The zero-order valence-corrected chi connectivity index (χ0v) is 17.6. The molecule has 0 amide bonds. The van der Waals surface area contributed by atoms with E-state index in [1.54, 1.807) is 13.2 Å². The molecule has 0 saturated heterocycles. The smallest absolute Gasteiger partial charge is 0.339 e. The van der Waals surface area contributed by atoms with Gasteiger partial charge in [-0.25, -0.2) is 4.79 Å². The second-order valence-corrected chi connectivity index (χ2v) is 7.05. The molecule has 3 aromatic rings. The van der Waals surface area contributed by atoms with Crippen molar-refractivity contribution in [3.63, 3.8) is 0 Å². The molecule has 0 aliphatic heterocycles. The number of hydrogen-bond acceptors (Lipinski definition) is 5. The van der Waals surface area contributed by atoms with Crippen molar-refractivity contribution in [3.8, 4) is 17.2 Å². The lowest BCUT2D eigenvalue weighted by Crippen LogP contribution is -2.12. The Morgan fingerprint density at radius 1 is 0.906 bits per heavy atom. The van der Waals surface area contributed by atoms with E-state index in [1.807, 2.05) is 54.6 Å². The summed E-state index contributed by atoms with van der Waals surface area (Å²) < 4.78 is 17.0. The van der Waals surface area contributed by atoms with Crippen LogP contribution >= 0.6 is 0 Å². The predicted octanol–water partition coefficient (Wildman–Crippen LogP) is 4.96. The first-order valence-electron chi connectivity index (χ1n) is 10.0. The van der Waals surface area contributed by atoms with Crippen LogP contribution in [0, 0.1) is 0 Å². The van der Waals surface area contributed by atoms with Crippen molar-refractivity contribution in [1.29, 1.82) is 0 Å². The molecule has 166 valence electrons. The average molecular weight is 436 g/mol. The number of carboxylic acid groups (broad SMARTS) is 2. The van der Waals surface area contributed by atoms with E-state index in [9.17, 15) is 14.7 Å². The van der Waals surface area contributed by atoms with Gasteiger partial charge in [-0.2, -0.15) is 0 Å². The maximum Gasteiger partial charge on any atom is 0.339 e. The third-order valence-electron chi connectivity index (χ3n) is 4.81. The molecule has 2 N–H and O–H groups in total. The molecule has 0 fully saturated rings. The Balaban J connectivity index is 1.81. The van der Waals surface area contributed by atoms with E-state index < -0.39 is 18.0 Å². The standard InChI is InChI=1S/C25H24O7/c1-30-19-9-7-17(8-10-19)16-31-20-11-12-21(25(28)29)23(15-20)32-22(13-14-24(26)27)18-5-3-2-4-6-18/h2-12,15,22H,13-14,16H2,1H3,(H,26,27)(H,28,29). The molecule has 7 nitrogen and oxygen atoms in total. The molecule has 1 atom stereocenters. The SMILES string of the molecule is COc1ccc(COc2ccc(C(=O)O)c(OC(CCC(=O)O)c3ccccc3)c2)cc1. The van der Waals surface area contributed by atoms with Crippen LogP contribution in [0.25, 0.3) is 0 Å². The first kappa shape index (κ1) is 22.7. The van der Waals surface area contributed by atoms with E-state index >= 15 is 0 Å². The largest absolute Gasteiger partial charge is 0.497 e. The molecule has 0 heterocycles. The Kier molecular flexibility index (Phi) is 7.70. The monoisotopic (exact) mass is 436 g/mol. The summed E-state index contributed by atoms with van der Waals surface area (Å²) >= 11 is 0. The van der Waals surface area contributed by atoms with Gasteiger partial charge in [0.1, 0.15) is 35.5 Å². The molecule has 7 heteroatoms. The van der Waals surface area contributed by atoms with Crippen molar-refractivity contribution in [1.82, 2.24) is 0 Å². The maximum absolute atomic E-state index is 11.7. The molecule has 0 saturated carbocycles. The fourth-order valence-electron chi connectivity index (χ4n) is 3.12. The molecule has 3 rings (SSSR count). The molecular formula is C25H24O7. The van der Waals surface area contributed by atoms with Crippen LogP contribution < -0.4 is 14.2 Å². The third-order valence-corrected chi connectivity index (χ3v) is 4.81. The quantitative estimate of drug-likeness (QED) is 0.438. The molecule has 0 radical (unpaired) electrons. The maximum atomic E-state index is 11.7.